The Balaban J connectivity index is 1.25. The Morgan fingerprint density at radius 2 is 0.710 bits per heavy atom. The Bertz CT molecular complexity index is 3270. The van der Waals surface area contributed by atoms with Gasteiger partial charge in [0.15, 0.2) is 0 Å². The van der Waals surface area contributed by atoms with Gasteiger partial charge in [-0.15, -0.1) is 0 Å². The van der Waals surface area contributed by atoms with E-state index in [4.69, 9.17) is 9.97 Å². The van der Waals surface area contributed by atoms with Gasteiger partial charge in [-0.25, -0.2) is 4.98 Å². The number of nitrogens with zero attached hydrogens (tertiary/aromatic N) is 4. The molecule has 0 fully saturated rings. The first-order valence-electron chi connectivity index (χ1n) is 22.4. The Hall–Kier alpha value is -6.78. The highest BCUT2D eigenvalue weighted by Crippen LogP contribution is 2.41. The predicted molar refractivity (Wildman–Crippen MR) is 265 cm³/mol. The summed E-state index contributed by atoms with van der Waals surface area (Å²) in [6.07, 6.45) is 1.98. The summed E-state index contributed by atoms with van der Waals surface area (Å²) in [7, 11) is 0. The molecule has 11 rings (SSSR count). The normalized spacial score (nSPS) is 12.5. The summed E-state index contributed by atoms with van der Waals surface area (Å²) in [5, 5.41) is 9.74. The van der Waals surface area contributed by atoms with Gasteiger partial charge in [-0.2, -0.15) is 0 Å². The number of hydrogen-bond donors (Lipinski definition) is 0. The van der Waals surface area contributed by atoms with Gasteiger partial charge < -0.3 is 9.13 Å². The van der Waals surface area contributed by atoms with Crippen LogP contribution in [-0.4, -0.2) is 19.1 Å². The standard InChI is InChI=1S/C58H52N4/c1-33(2)37-17-21-53-48(27-37)49-28-38(34(3)4)18-22-54(49)61(53)42-25-41(52-32-59-57-46-15-11-9-13-44(46)45-14-10-12-16-47(45)58(57)60-52)26-43(31-42)62-55-23-19-39(35(5)6)29-50(55)51-30-40(36(7)8)20-24-56(51)62/h9-36H,1-8H3. The molecule has 3 aromatic heterocycles. The average molecular weight is 805 g/mol. The highest BCUT2D eigenvalue weighted by Gasteiger charge is 2.21. The average Bonchev–Trinajstić information content (AvgIpc) is 3.80. The van der Waals surface area contributed by atoms with E-state index in [0.717, 1.165) is 44.4 Å². The molecule has 0 spiro atoms. The van der Waals surface area contributed by atoms with Gasteiger partial charge in [-0.3, -0.25) is 4.98 Å². The van der Waals surface area contributed by atoms with Gasteiger partial charge in [0.25, 0.3) is 0 Å². The molecule has 0 unspecified atom stereocenters. The molecule has 304 valence electrons. The number of benzene rings is 8. The molecule has 4 heteroatoms. The molecule has 4 nitrogen and oxygen atoms in total. The van der Waals surface area contributed by atoms with Crippen LogP contribution >= 0.6 is 0 Å². The van der Waals surface area contributed by atoms with E-state index >= 15 is 0 Å². The molecule has 0 N–H and O–H groups in total. The molecule has 0 saturated carbocycles. The van der Waals surface area contributed by atoms with Gasteiger partial charge in [0.1, 0.15) is 0 Å². The highest BCUT2D eigenvalue weighted by molar-refractivity contribution is 6.23. The third-order valence-electron chi connectivity index (χ3n) is 13.4. The van der Waals surface area contributed by atoms with Crippen LogP contribution in [0, 0.1) is 0 Å². The van der Waals surface area contributed by atoms with E-state index in [2.05, 4.69) is 204 Å². The van der Waals surface area contributed by atoms with Crippen molar-refractivity contribution >= 4 is 76.2 Å². The van der Waals surface area contributed by atoms with E-state index < -0.39 is 0 Å². The second-order valence-corrected chi connectivity index (χ2v) is 18.7. The molecular weight excluding hydrogens is 753 g/mol. The molecule has 0 aliphatic rings. The van der Waals surface area contributed by atoms with Gasteiger partial charge in [0, 0.05) is 49.3 Å². The lowest BCUT2D eigenvalue weighted by Gasteiger charge is -2.17. The van der Waals surface area contributed by atoms with Crippen molar-refractivity contribution in [2.45, 2.75) is 79.1 Å². The summed E-state index contributed by atoms with van der Waals surface area (Å²) in [5.41, 5.74) is 16.0. The van der Waals surface area contributed by atoms with Crippen molar-refractivity contribution in [3.8, 4) is 22.6 Å². The summed E-state index contributed by atoms with van der Waals surface area (Å²) in [6, 6.07) is 52.5. The fourth-order valence-electron chi connectivity index (χ4n) is 9.87. The molecule has 0 amide bonds. The Kier molecular flexibility index (Phi) is 8.87. The minimum absolute atomic E-state index is 0.420. The predicted octanol–water partition coefficient (Wildman–Crippen LogP) is 16.3. The number of hydrogen-bond acceptors (Lipinski definition) is 2. The largest absolute Gasteiger partial charge is 0.309 e. The zero-order valence-electron chi connectivity index (χ0n) is 37.0. The first kappa shape index (κ1) is 38.2. The summed E-state index contributed by atoms with van der Waals surface area (Å²) in [6.45, 7) is 18.3. The molecule has 8 aromatic carbocycles. The lowest BCUT2D eigenvalue weighted by atomic mass is 9.98. The van der Waals surface area contributed by atoms with E-state index in [9.17, 15) is 0 Å². The highest BCUT2D eigenvalue weighted by atomic mass is 15.0. The lowest BCUT2D eigenvalue weighted by molar-refractivity contribution is 0.868. The first-order chi connectivity index (χ1) is 30.0. The number of aromatic nitrogens is 4. The van der Waals surface area contributed by atoms with Gasteiger partial charge in [0.05, 0.1) is 45.0 Å². The van der Waals surface area contributed by atoms with Gasteiger partial charge >= 0.3 is 0 Å². The molecule has 0 atom stereocenters. The zero-order chi connectivity index (χ0) is 42.6. The minimum Gasteiger partial charge on any atom is -0.309 e. The van der Waals surface area contributed by atoms with E-state index in [0.29, 0.717) is 23.7 Å². The molecule has 0 radical (unpaired) electrons. The van der Waals surface area contributed by atoms with Crippen LogP contribution in [-0.2, 0) is 0 Å². The molecule has 0 aliphatic heterocycles. The third-order valence-corrected chi connectivity index (χ3v) is 13.4. The summed E-state index contributed by atoms with van der Waals surface area (Å²) in [5.74, 6) is 1.68. The molecule has 3 heterocycles. The van der Waals surface area contributed by atoms with Crippen molar-refractivity contribution in [2.75, 3.05) is 0 Å². The van der Waals surface area contributed by atoms with Crippen LogP contribution in [0.3, 0.4) is 0 Å². The zero-order valence-corrected chi connectivity index (χ0v) is 37.0. The van der Waals surface area contributed by atoms with Crippen LogP contribution in [0.1, 0.15) is 101 Å². The van der Waals surface area contributed by atoms with Crippen molar-refractivity contribution in [2.24, 2.45) is 0 Å². The minimum atomic E-state index is 0.420. The fourth-order valence-corrected chi connectivity index (χ4v) is 9.87. The van der Waals surface area contributed by atoms with E-state index in [1.807, 2.05) is 6.20 Å². The van der Waals surface area contributed by atoms with Crippen LogP contribution in [0.25, 0.3) is 98.8 Å². The second kappa shape index (κ2) is 14.4. The maximum absolute atomic E-state index is 5.56. The Morgan fingerprint density at radius 1 is 0.355 bits per heavy atom. The molecule has 0 saturated heterocycles. The first-order valence-corrected chi connectivity index (χ1v) is 22.4. The second-order valence-electron chi connectivity index (χ2n) is 18.7. The smallest absolute Gasteiger partial charge is 0.0979 e. The topological polar surface area (TPSA) is 35.6 Å². The van der Waals surface area contributed by atoms with Crippen molar-refractivity contribution in [1.82, 2.24) is 19.1 Å². The van der Waals surface area contributed by atoms with E-state index in [1.165, 1.54) is 76.6 Å². The van der Waals surface area contributed by atoms with E-state index in [-0.39, 0.29) is 0 Å². The SMILES string of the molecule is CC(C)c1ccc2c(c1)c1cc(C(C)C)ccc1n2-c1cc(-c2cnc3c4ccccc4c4ccccc4c3n2)cc(-n2c3ccc(C(C)C)cc3c3cc(C(C)C)ccc32)c1. The fraction of sp³-hybridized carbons (Fsp3) is 0.207. The maximum Gasteiger partial charge on any atom is 0.0979 e. The number of fused-ring (bicyclic) bond motifs is 12. The molecule has 0 aliphatic carbocycles. The summed E-state index contributed by atoms with van der Waals surface area (Å²) >= 11 is 0. The molecule has 11 aromatic rings. The monoisotopic (exact) mass is 804 g/mol. The van der Waals surface area contributed by atoms with Crippen LogP contribution in [0.2, 0.25) is 0 Å². The van der Waals surface area contributed by atoms with Gasteiger partial charge in [-0.05, 0) is 123 Å². The quantitative estimate of drug-likeness (QED) is 0.150. The van der Waals surface area contributed by atoms with Crippen LogP contribution in [0.15, 0.2) is 146 Å². The summed E-state index contributed by atoms with van der Waals surface area (Å²) in [4.78, 5) is 10.8. The molecular formula is C58H52N4. The van der Waals surface area contributed by atoms with Crippen LogP contribution in [0.5, 0.6) is 0 Å². The molecule has 0 bridgehead atoms. The maximum atomic E-state index is 5.56. The third kappa shape index (κ3) is 5.95. The lowest BCUT2D eigenvalue weighted by Crippen LogP contribution is -2.01. The van der Waals surface area contributed by atoms with Crippen LogP contribution < -0.4 is 0 Å². The van der Waals surface area contributed by atoms with Crippen molar-refractivity contribution < 1.29 is 0 Å². The number of rotatable bonds is 7. The Morgan fingerprint density at radius 3 is 1.08 bits per heavy atom. The van der Waals surface area contributed by atoms with Gasteiger partial charge in [0.2, 0.25) is 0 Å². The van der Waals surface area contributed by atoms with Crippen LogP contribution in [0.4, 0.5) is 0 Å². The van der Waals surface area contributed by atoms with Crippen molar-refractivity contribution in [3.63, 3.8) is 0 Å². The summed E-state index contributed by atoms with van der Waals surface area (Å²) < 4.78 is 4.95. The molecule has 62 heavy (non-hydrogen) atoms. The van der Waals surface area contributed by atoms with Crippen molar-refractivity contribution in [1.29, 1.82) is 0 Å². The van der Waals surface area contributed by atoms with E-state index in [1.54, 1.807) is 0 Å². The van der Waals surface area contributed by atoms with Crippen molar-refractivity contribution in [3.05, 3.63) is 168 Å². The van der Waals surface area contributed by atoms with Gasteiger partial charge in [-0.1, -0.05) is 128 Å². The Labute approximate surface area is 363 Å².